The van der Waals surface area contributed by atoms with Crippen molar-refractivity contribution in [3.8, 4) is 0 Å². The predicted octanol–water partition coefficient (Wildman–Crippen LogP) is 4.15. The summed E-state index contributed by atoms with van der Waals surface area (Å²) in [7, 11) is 2.00. The molecule has 1 fully saturated rings. The third kappa shape index (κ3) is 5.13. The summed E-state index contributed by atoms with van der Waals surface area (Å²) < 4.78 is 14.3. The number of nitrogens with one attached hydrogen (secondary N) is 1. The zero-order chi connectivity index (χ0) is 18.6. The molecule has 138 valence electrons. The lowest BCUT2D eigenvalue weighted by Gasteiger charge is -2.41. The highest BCUT2D eigenvalue weighted by molar-refractivity contribution is 5.93. The monoisotopic (exact) mass is 348 g/mol. The van der Waals surface area contributed by atoms with Crippen LogP contribution in [0.2, 0.25) is 0 Å². The molecule has 2 rings (SSSR count). The first kappa shape index (κ1) is 19.6. The van der Waals surface area contributed by atoms with Gasteiger partial charge >= 0.3 is 0 Å². The van der Waals surface area contributed by atoms with Crippen molar-refractivity contribution in [3.05, 3.63) is 47.3 Å². The second-order valence-corrected chi connectivity index (χ2v) is 7.84. The summed E-state index contributed by atoms with van der Waals surface area (Å²) >= 11 is 0. The standard InChI is InChI=1S/C20H29FN2O2/c1-5-15-8-14(2)10-20(3,11-15)13-23(4)12-17-7-6-16(9-18(17)21)19(24)22-25/h6-7,9,15,25H,2,5,8,10-13H2,1,3-4H3,(H,22,24). The van der Waals surface area contributed by atoms with Crippen LogP contribution in [0.4, 0.5) is 4.39 Å². The molecule has 1 aromatic rings. The molecule has 2 N–H and O–H groups in total. The summed E-state index contributed by atoms with van der Waals surface area (Å²) in [6.45, 7) is 10.1. The Hall–Kier alpha value is -1.72. The lowest BCUT2D eigenvalue weighted by molar-refractivity contribution is 0.0706. The van der Waals surface area contributed by atoms with Crippen LogP contribution >= 0.6 is 0 Å². The van der Waals surface area contributed by atoms with E-state index in [4.69, 9.17) is 5.21 Å². The van der Waals surface area contributed by atoms with Crippen LogP contribution < -0.4 is 5.48 Å². The minimum absolute atomic E-state index is 0.104. The smallest absolute Gasteiger partial charge is 0.274 e. The Morgan fingerprint density at radius 2 is 2.24 bits per heavy atom. The molecule has 0 aromatic heterocycles. The summed E-state index contributed by atoms with van der Waals surface area (Å²) in [5.41, 5.74) is 3.65. The Bertz CT molecular complexity index is 647. The summed E-state index contributed by atoms with van der Waals surface area (Å²) in [6.07, 6.45) is 4.48. The van der Waals surface area contributed by atoms with E-state index in [1.165, 1.54) is 30.0 Å². The van der Waals surface area contributed by atoms with Crippen LogP contribution in [-0.2, 0) is 6.54 Å². The van der Waals surface area contributed by atoms with Crippen LogP contribution in [0.25, 0.3) is 0 Å². The maximum absolute atomic E-state index is 14.3. The van der Waals surface area contributed by atoms with Crippen molar-refractivity contribution in [1.29, 1.82) is 0 Å². The van der Waals surface area contributed by atoms with Crippen molar-refractivity contribution in [1.82, 2.24) is 10.4 Å². The van der Waals surface area contributed by atoms with E-state index in [1.54, 1.807) is 6.07 Å². The second kappa shape index (κ2) is 8.11. The van der Waals surface area contributed by atoms with Crippen LogP contribution in [-0.4, -0.2) is 29.6 Å². The van der Waals surface area contributed by atoms with Crippen molar-refractivity contribution in [2.45, 2.75) is 46.1 Å². The minimum atomic E-state index is -0.711. The molecule has 0 aliphatic heterocycles. The molecule has 5 heteroatoms. The molecule has 1 aromatic carbocycles. The van der Waals surface area contributed by atoms with Crippen LogP contribution in [0.15, 0.2) is 30.4 Å². The van der Waals surface area contributed by atoms with Gasteiger partial charge < -0.3 is 4.90 Å². The van der Waals surface area contributed by atoms with Gasteiger partial charge in [-0.05, 0) is 49.8 Å². The van der Waals surface area contributed by atoms with Crippen molar-refractivity contribution < 1.29 is 14.4 Å². The molecule has 1 amide bonds. The predicted molar refractivity (Wildman–Crippen MR) is 96.9 cm³/mol. The first-order chi connectivity index (χ1) is 11.8. The SMILES string of the molecule is C=C1CC(CC)CC(C)(CN(C)Cc2ccc(C(=O)NO)cc2F)C1. The van der Waals surface area contributed by atoms with Crippen LogP contribution in [0.5, 0.6) is 0 Å². The normalized spacial score (nSPS) is 23.8. The average Bonchev–Trinajstić information content (AvgIpc) is 2.54. The third-order valence-electron chi connectivity index (χ3n) is 5.12. The molecule has 4 nitrogen and oxygen atoms in total. The van der Waals surface area contributed by atoms with Crippen LogP contribution in [0.3, 0.4) is 0 Å². The van der Waals surface area contributed by atoms with E-state index >= 15 is 0 Å². The Labute approximate surface area is 149 Å². The number of carbonyl (C=O) groups is 1. The fourth-order valence-electron chi connectivity index (χ4n) is 4.21. The number of amides is 1. The van der Waals surface area contributed by atoms with Gasteiger partial charge in [0.1, 0.15) is 5.82 Å². The number of allylic oxidation sites excluding steroid dienone is 1. The number of rotatable bonds is 6. The fraction of sp³-hybridized carbons (Fsp3) is 0.550. The number of hydrogen-bond donors (Lipinski definition) is 2. The van der Waals surface area contributed by atoms with E-state index in [2.05, 4.69) is 25.3 Å². The van der Waals surface area contributed by atoms with Crippen molar-refractivity contribution in [2.24, 2.45) is 11.3 Å². The third-order valence-corrected chi connectivity index (χ3v) is 5.12. The molecule has 0 saturated heterocycles. The Balaban J connectivity index is 2.03. The lowest BCUT2D eigenvalue weighted by atomic mass is 9.68. The van der Waals surface area contributed by atoms with E-state index in [-0.39, 0.29) is 11.0 Å². The number of nitrogens with zero attached hydrogens (tertiary/aromatic N) is 1. The van der Waals surface area contributed by atoms with Gasteiger partial charge in [-0.1, -0.05) is 38.5 Å². The summed E-state index contributed by atoms with van der Waals surface area (Å²) in [5, 5.41) is 8.63. The highest BCUT2D eigenvalue weighted by Crippen LogP contribution is 2.43. The largest absolute Gasteiger partial charge is 0.301 e. The zero-order valence-corrected chi connectivity index (χ0v) is 15.4. The Morgan fingerprint density at radius 3 is 2.84 bits per heavy atom. The van der Waals surface area contributed by atoms with Crippen molar-refractivity contribution >= 4 is 5.91 Å². The molecule has 25 heavy (non-hydrogen) atoms. The van der Waals surface area contributed by atoms with Crippen LogP contribution in [0, 0.1) is 17.2 Å². The molecule has 1 aliphatic carbocycles. The molecule has 2 atom stereocenters. The average molecular weight is 348 g/mol. The van der Waals surface area contributed by atoms with Gasteiger partial charge in [0, 0.05) is 24.2 Å². The minimum Gasteiger partial charge on any atom is -0.301 e. The first-order valence-electron chi connectivity index (χ1n) is 8.84. The number of benzene rings is 1. The second-order valence-electron chi connectivity index (χ2n) is 7.84. The molecule has 0 radical (unpaired) electrons. The molecule has 0 bridgehead atoms. The van der Waals surface area contributed by atoms with Gasteiger partial charge in [-0.15, -0.1) is 0 Å². The number of halogens is 1. The fourth-order valence-corrected chi connectivity index (χ4v) is 4.21. The lowest BCUT2D eigenvalue weighted by Crippen LogP contribution is -2.37. The highest BCUT2D eigenvalue weighted by atomic mass is 19.1. The quantitative estimate of drug-likeness (QED) is 0.461. The van der Waals surface area contributed by atoms with Gasteiger partial charge in [-0.25, -0.2) is 9.87 Å². The van der Waals surface area contributed by atoms with E-state index in [9.17, 15) is 9.18 Å². The highest BCUT2D eigenvalue weighted by Gasteiger charge is 2.34. The van der Waals surface area contributed by atoms with Gasteiger partial charge in [-0.3, -0.25) is 10.0 Å². The molecule has 1 saturated carbocycles. The van der Waals surface area contributed by atoms with Crippen molar-refractivity contribution in [2.75, 3.05) is 13.6 Å². The molecule has 0 heterocycles. The number of hydroxylamine groups is 1. The van der Waals surface area contributed by atoms with Gasteiger partial charge in [0.2, 0.25) is 0 Å². The number of carbonyl (C=O) groups excluding carboxylic acids is 1. The first-order valence-corrected chi connectivity index (χ1v) is 8.84. The van der Waals surface area contributed by atoms with E-state index in [0.29, 0.717) is 18.0 Å². The van der Waals surface area contributed by atoms with Gasteiger partial charge in [0.15, 0.2) is 0 Å². The molecule has 2 unspecified atom stereocenters. The maximum Gasteiger partial charge on any atom is 0.274 e. The molecule has 1 aliphatic rings. The number of hydrogen-bond acceptors (Lipinski definition) is 3. The topological polar surface area (TPSA) is 52.6 Å². The summed E-state index contributed by atoms with van der Waals surface area (Å²) in [5.74, 6) is -0.456. The molecular formula is C20H29FN2O2. The van der Waals surface area contributed by atoms with E-state index in [1.807, 2.05) is 7.05 Å². The Morgan fingerprint density at radius 1 is 1.52 bits per heavy atom. The van der Waals surface area contributed by atoms with Crippen LogP contribution in [0.1, 0.15) is 55.5 Å². The molecular weight excluding hydrogens is 319 g/mol. The summed E-state index contributed by atoms with van der Waals surface area (Å²) in [6, 6.07) is 4.29. The summed E-state index contributed by atoms with van der Waals surface area (Å²) in [4.78, 5) is 13.5. The zero-order valence-electron chi connectivity index (χ0n) is 15.4. The van der Waals surface area contributed by atoms with Crippen molar-refractivity contribution in [3.63, 3.8) is 0 Å². The molecule has 0 spiro atoms. The van der Waals surface area contributed by atoms with E-state index < -0.39 is 11.7 Å². The van der Waals surface area contributed by atoms with E-state index in [0.717, 1.165) is 25.5 Å². The van der Waals surface area contributed by atoms with Gasteiger partial charge in [-0.2, -0.15) is 0 Å². The van der Waals surface area contributed by atoms with Gasteiger partial charge in [0.05, 0.1) is 0 Å². The van der Waals surface area contributed by atoms with Gasteiger partial charge in [0.25, 0.3) is 5.91 Å². The Kier molecular flexibility index (Phi) is 6.36. The maximum atomic E-state index is 14.3.